The molecule has 1 rings (SSSR count). The number of ether oxygens (including phenoxy) is 2. The molecule has 0 saturated carbocycles. The minimum Gasteiger partial charge on any atom is -0.504 e. The minimum atomic E-state index is -0.226. The van der Waals surface area contributed by atoms with Crippen molar-refractivity contribution in [3.8, 4) is 23.0 Å². The van der Waals surface area contributed by atoms with Crippen molar-refractivity contribution in [1.29, 1.82) is 0 Å². The van der Waals surface area contributed by atoms with E-state index in [1.165, 1.54) is 57.4 Å². The maximum absolute atomic E-state index is 10.1. The van der Waals surface area contributed by atoms with Gasteiger partial charge in [-0.25, -0.2) is 0 Å². The summed E-state index contributed by atoms with van der Waals surface area (Å²) in [5, 5.41) is 19.8. The van der Waals surface area contributed by atoms with Crippen LogP contribution < -0.4 is 9.47 Å². The van der Waals surface area contributed by atoms with Crippen molar-refractivity contribution < 1.29 is 19.7 Å². The molecule has 1 aromatic rings. The zero-order chi connectivity index (χ0) is 19.0. The fourth-order valence-corrected chi connectivity index (χ4v) is 2.92. The van der Waals surface area contributed by atoms with Crippen LogP contribution in [0.25, 0.3) is 0 Å². The van der Waals surface area contributed by atoms with Gasteiger partial charge in [0.05, 0.1) is 13.2 Å². The van der Waals surface area contributed by atoms with Crippen molar-refractivity contribution in [3.63, 3.8) is 0 Å². The summed E-state index contributed by atoms with van der Waals surface area (Å²) in [6.45, 7) is 5.55. The van der Waals surface area contributed by atoms with Crippen molar-refractivity contribution >= 4 is 0 Å². The third-order valence-electron chi connectivity index (χ3n) is 4.57. The van der Waals surface area contributed by atoms with Crippen molar-refractivity contribution in [1.82, 2.24) is 0 Å². The summed E-state index contributed by atoms with van der Waals surface area (Å²) in [6.07, 6.45) is 14.3. The largest absolute Gasteiger partial charge is 0.504 e. The lowest BCUT2D eigenvalue weighted by Crippen LogP contribution is -2.03. The predicted octanol–water partition coefficient (Wildman–Crippen LogP) is 6.58. The zero-order valence-electron chi connectivity index (χ0n) is 16.8. The first-order chi connectivity index (χ1) is 12.7. The van der Waals surface area contributed by atoms with Gasteiger partial charge in [0.2, 0.25) is 11.5 Å². The fourth-order valence-electron chi connectivity index (χ4n) is 2.92. The van der Waals surface area contributed by atoms with E-state index in [2.05, 4.69) is 13.8 Å². The van der Waals surface area contributed by atoms with Gasteiger partial charge in [-0.3, -0.25) is 0 Å². The van der Waals surface area contributed by atoms with Crippen LogP contribution in [0.1, 0.15) is 90.9 Å². The van der Waals surface area contributed by atoms with Crippen molar-refractivity contribution in [2.45, 2.75) is 90.9 Å². The molecular formula is C22H38O4. The highest BCUT2D eigenvalue weighted by Gasteiger charge is 2.15. The van der Waals surface area contributed by atoms with E-state index in [-0.39, 0.29) is 17.2 Å². The van der Waals surface area contributed by atoms with Crippen LogP contribution in [0.15, 0.2) is 12.1 Å². The summed E-state index contributed by atoms with van der Waals surface area (Å²) in [5.74, 6) is 0.385. The Morgan fingerprint density at radius 3 is 1.73 bits per heavy atom. The van der Waals surface area contributed by atoms with Crippen molar-refractivity contribution in [3.05, 3.63) is 12.1 Å². The SMILES string of the molecule is CCCCCCCCOc1ccc(O)c(O)c1OCCCCCCCC. The number of phenols is 2. The molecule has 0 aromatic heterocycles. The Bertz CT molecular complexity index is 473. The van der Waals surface area contributed by atoms with Gasteiger partial charge < -0.3 is 19.7 Å². The van der Waals surface area contributed by atoms with Crippen LogP contribution in [0.5, 0.6) is 23.0 Å². The van der Waals surface area contributed by atoms with Crippen molar-refractivity contribution in [2.24, 2.45) is 0 Å². The van der Waals surface area contributed by atoms with Crippen LogP contribution >= 0.6 is 0 Å². The minimum absolute atomic E-state index is 0.171. The third kappa shape index (κ3) is 9.21. The second-order valence-electron chi connectivity index (χ2n) is 6.99. The Hall–Kier alpha value is -1.58. The molecule has 26 heavy (non-hydrogen) atoms. The van der Waals surface area contributed by atoms with Gasteiger partial charge in [0.25, 0.3) is 0 Å². The molecule has 4 nitrogen and oxygen atoms in total. The van der Waals surface area contributed by atoms with Crippen LogP contribution in [0, 0.1) is 0 Å². The summed E-state index contributed by atoms with van der Waals surface area (Å²) in [6, 6.07) is 3.12. The lowest BCUT2D eigenvalue weighted by atomic mass is 10.1. The molecule has 0 bridgehead atoms. The molecule has 0 unspecified atom stereocenters. The van der Waals surface area contributed by atoms with Crippen LogP contribution in [0.4, 0.5) is 0 Å². The summed E-state index contributed by atoms with van der Waals surface area (Å²) in [7, 11) is 0. The second-order valence-corrected chi connectivity index (χ2v) is 6.99. The fraction of sp³-hybridized carbons (Fsp3) is 0.727. The highest BCUT2D eigenvalue weighted by atomic mass is 16.5. The van der Waals surface area contributed by atoms with E-state index in [0.717, 1.165) is 25.7 Å². The van der Waals surface area contributed by atoms with E-state index in [1.807, 2.05) is 0 Å². The molecular weight excluding hydrogens is 328 g/mol. The Kier molecular flexibility index (Phi) is 12.6. The molecule has 0 amide bonds. The topological polar surface area (TPSA) is 58.9 Å². The summed E-state index contributed by atoms with van der Waals surface area (Å²) < 4.78 is 11.5. The zero-order valence-corrected chi connectivity index (χ0v) is 16.8. The monoisotopic (exact) mass is 366 g/mol. The summed E-state index contributed by atoms with van der Waals surface area (Å²) in [5.41, 5.74) is 0. The van der Waals surface area contributed by atoms with Gasteiger partial charge in [0, 0.05) is 0 Å². The molecule has 150 valence electrons. The van der Waals surface area contributed by atoms with E-state index in [4.69, 9.17) is 9.47 Å². The van der Waals surface area contributed by atoms with E-state index < -0.39 is 0 Å². The van der Waals surface area contributed by atoms with Gasteiger partial charge in [-0.05, 0) is 25.0 Å². The second kappa shape index (κ2) is 14.6. The standard InChI is InChI=1S/C22H38O4/c1-3-5-7-9-11-13-17-25-20-16-15-19(23)21(24)22(20)26-18-14-12-10-8-6-4-2/h15-16,23-24H,3-14,17-18H2,1-2H3. The first kappa shape index (κ1) is 22.5. The lowest BCUT2D eigenvalue weighted by molar-refractivity contribution is 0.245. The molecule has 4 heteroatoms. The van der Waals surface area contributed by atoms with E-state index >= 15 is 0 Å². The molecule has 0 aliphatic heterocycles. The molecule has 0 aliphatic rings. The van der Waals surface area contributed by atoms with Gasteiger partial charge in [0.15, 0.2) is 11.5 Å². The normalized spacial score (nSPS) is 10.8. The van der Waals surface area contributed by atoms with Crippen LogP contribution in [0.2, 0.25) is 0 Å². The Balaban J connectivity index is 2.37. The van der Waals surface area contributed by atoms with Gasteiger partial charge in [0.1, 0.15) is 0 Å². The number of phenolic OH excluding ortho intramolecular Hbond substituents is 2. The number of rotatable bonds is 16. The maximum Gasteiger partial charge on any atom is 0.207 e. The smallest absolute Gasteiger partial charge is 0.207 e. The molecule has 2 N–H and O–H groups in total. The number of unbranched alkanes of at least 4 members (excludes halogenated alkanes) is 10. The lowest BCUT2D eigenvalue weighted by Gasteiger charge is -2.15. The molecule has 1 aromatic carbocycles. The first-order valence-electron chi connectivity index (χ1n) is 10.5. The summed E-state index contributed by atoms with van der Waals surface area (Å²) in [4.78, 5) is 0. The van der Waals surface area contributed by atoms with Gasteiger partial charge in [-0.2, -0.15) is 0 Å². The highest BCUT2D eigenvalue weighted by Crippen LogP contribution is 2.43. The Morgan fingerprint density at radius 1 is 0.654 bits per heavy atom. The van der Waals surface area contributed by atoms with E-state index in [0.29, 0.717) is 19.0 Å². The summed E-state index contributed by atoms with van der Waals surface area (Å²) >= 11 is 0. The first-order valence-corrected chi connectivity index (χ1v) is 10.5. The molecule has 0 aliphatic carbocycles. The average Bonchev–Trinajstić information content (AvgIpc) is 2.64. The third-order valence-corrected chi connectivity index (χ3v) is 4.57. The molecule has 0 fully saturated rings. The molecule has 0 radical (unpaired) electrons. The van der Waals surface area contributed by atoms with Crippen LogP contribution in [-0.4, -0.2) is 23.4 Å². The van der Waals surface area contributed by atoms with E-state index in [1.54, 1.807) is 6.07 Å². The number of aromatic hydroxyl groups is 2. The quantitative estimate of drug-likeness (QED) is 0.256. The van der Waals surface area contributed by atoms with Crippen molar-refractivity contribution in [2.75, 3.05) is 13.2 Å². The van der Waals surface area contributed by atoms with Gasteiger partial charge in [-0.1, -0.05) is 78.1 Å². The number of hydrogen-bond donors (Lipinski definition) is 2. The van der Waals surface area contributed by atoms with Crippen LogP contribution in [0.3, 0.4) is 0 Å². The highest BCUT2D eigenvalue weighted by molar-refractivity contribution is 5.57. The Morgan fingerprint density at radius 2 is 1.15 bits per heavy atom. The number of benzene rings is 1. The van der Waals surface area contributed by atoms with Gasteiger partial charge >= 0.3 is 0 Å². The van der Waals surface area contributed by atoms with Gasteiger partial charge in [-0.15, -0.1) is 0 Å². The van der Waals surface area contributed by atoms with E-state index in [9.17, 15) is 10.2 Å². The molecule has 0 atom stereocenters. The molecule has 0 saturated heterocycles. The van der Waals surface area contributed by atoms with Crippen LogP contribution in [-0.2, 0) is 0 Å². The maximum atomic E-state index is 10.1. The molecule has 0 spiro atoms. The molecule has 0 heterocycles. The Labute approximate surface area is 159 Å². The predicted molar refractivity (Wildman–Crippen MR) is 108 cm³/mol. The number of hydrogen-bond acceptors (Lipinski definition) is 4. The average molecular weight is 367 g/mol.